The highest BCUT2D eigenvalue weighted by Gasteiger charge is 2.16. The molecule has 2 N–H and O–H groups in total. The monoisotopic (exact) mass is 704 g/mol. The summed E-state index contributed by atoms with van der Waals surface area (Å²) in [6.07, 6.45) is 24.3. The quantitative estimate of drug-likeness (QED) is 0.0974. The number of nitrogens with zero attached hydrogens (tertiary/aromatic N) is 2. The van der Waals surface area contributed by atoms with Crippen molar-refractivity contribution in [2.75, 3.05) is 41.3 Å². The minimum Gasteiger partial charge on any atom is -0.481 e. The number of halogens is 2. The Bertz CT molecular complexity index is 472. The molecule has 246 valence electrons. The summed E-state index contributed by atoms with van der Waals surface area (Å²) in [7, 11) is 8.62. The molecule has 0 radical (unpaired) electrons. The first-order chi connectivity index (χ1) is 18.1. The molecule has 0 aliphatic carbocycles. The van der Waals surface area contributed by atoms with Crippen LogP contribution in [-0.4, -0.2) is 73.2 Å². The number of rotatable bonds is 24. The van der Waals surface area contributed by atoms with E-state index in [0.29, 0.717) is 6.42 Å². The predicted octanol–water partition coefficient (Wildman–Crippen LogP) is 9.89. The molecule has 1 atom stereocenters. The Morgan fingerprint density at radius 3 is 1.10 bits per heavy atom. The van der Waals surface area contributed by atoms with Crippen molar-refractivity contribution in [3.05, 3.63) is 0 Å². The normalized spacial score (nSPS) is 10.9. The molecule has 0 spiro atoms. The van der Waals surface area contributed by atoms with Crippen molar-refractivity contribution < 1.29 is 19.8 Å². The second kappa shape index (κ2) is 41.0. The standard InChI is InChI=1S/2C12H27N.C8H14O4.2BrH/c2*1-4-5-6-7-8-9-10-11-12-13(2)3;1-2-3-6(8(11)12)4-5-7(9)10;;/h2*4-12H2,1-3H3;6H,2-5H2,1H3,(H,9,10)(H,11,12);2*1H. The maximum absolute atomic E-state index is 10.5. The van der Waals surface area contributed by atoms with E-state index in [1.165, 1.54) is 116 Å². The molecule has 0 heterocycles. The Morgan fingerprint density at radius 2 is 0.850 bits per heavy atom. The summed E-state index contributed by atoms with van der Waals surface area (Å²) >= 11 is 0. The number of hydrogen-bond acceptors (Lipinski definition) is 4. The Morgan fingerprint density at radius 1 is 0.525 bits per heavy atom. The third-order valence-corrected chi connectivity index (χ3v) is 6.61. The summed E-state index contributed by atoms with van der Waals surface area (Å²) in [5.41, 5.74) is 0. The summed E-state index contributed by atoms with van der Waals surface area (Å²) in [6.45, 7) is 8.95. The minimum absolute atomic E-state index is 0. The third-order valence-electron chi connectivity index (χ3n) is 6.61. The fourth-order valence-corrected chi connectivity index (χ4v) is 4.16. The molecule has 0 aliphatic heterocycles. The molecule has 0 amide bonds. The highest BCUT2D eigenvalue weighted by molar-refractivity contribution is 8.93. The highest BCUT2D eigenvalue weighted by Crippen LogP contribution is 2.13. The van der Waals surface area contributed by atoms with Gasteiger partial charge in [-0.1, -0.05) is 117 Å². The van der Waals surface area contributed by atoms with Crippen molar-refractivity contribution in [1.29, 1.82) is 0 Å². The number of carboxylic acid groups (broad SMARTS) is 2. The van der Waals surface area contributed by atoms with Gasteiger partial charge < -0.3 is 20.0 Å². The van der Waals surface area contributed by atoms with Gasteiger partial charge >= 0.3 is 11.9 Å². The predicted molar refractivity (Wildman–Crippen MR) is 186 cm³/mol. The molecule has 8 heteroatoms. The van der Waals surface area contributed by atoms with Crippen molar-refractivity contribution >= 4 is 45.9 Å². The van der Waals surface area contributed by atoms with Gasteiger partial charge in [0.2, 0.25) is 0 Å². The zero-order valence-electron chi connectivity index (χ0n) is 27.6. The van der Waals surface area contributed by atoms with Gasteiger partial charge in [0.05, 0.1) is 5.92 Å². The van der Waals surface area contributed by atoms with Crippen LogP contribution in [-0.2, 0) is 9.59 Å². The van der Waals surface area contributed by atoms with Gasteiger partial charge in [0.25, 0.3) is 0 Å². The fraction of sp³-hybridized carbons (Fsp3) is 0.938. The maximum atomic E-state index is 10.5. The molecule has 0 bridgehead atoms. The van der Waals surface area contributed by atoms with Crippen molar-refractivity contribution in [2.24, 2.45) is 5.92 Å². The summed E-state index contributed by atoms with van der Waals surface area (Å²) in [4.78, 5) is 25.2. The van der Waals surface area contributed by atoms with E-state index in [9.17, 15) is 9.59 Å². The lowest BCUT2D eigenvalue weighted by Gasteiger charge is -2.08. The van der Waals surface area contributed by atoms with Gasteiger partial charge in [-0.25, -0.2) is 0 Å². The molecular weight excluding hydrogens is 636 g/mol. The second-order valence-electron chi connectivity index (χ2n) is 11.3. The SMILES string of the molecule is Br.Br.CCCC(CCC(=O)O)C(=O)O.CCCCCCCCCCN(C)C.CCCCCCCCCCN(C)C. The number of carbonyl (C=O) groups is 2. The van der Waals surface area contributed by atoms with E-state index < -0.39 is 17.9 Å². The van der Waals surface area contributed by atoms with Crippen LogP contribution in [0.5, 0.6) is 0 Å². The van der Waals surface area contributed by atoms with E-state index in [4.69, 9.17) is 10.2 Å². The first-order valence-corrected chi connectivity index (χ1v) is 15.9. The molecule has 0 rings (SSSR count). The van der Waals surface area contributed by atoms with Crippen LogP contribution in [0.15, 0.2) is 0 Å². The van der Waals surface area contributed by atoms with E-state index in [1.807, 2.05) is 6.92 Å². The maximum Gasteiger partial charge on any atom is 0.306 e. The van der Waals surface area contributed by atoms with E-state index in [0.717, 1.165) is 6.42 Å². The Kier molecular flexibility index (Phi) is 50.7. The summed E-state index contributed by atoms with van der Waals surface area (Å²) in [5.74, 6) is -2.32. The number of hydrogen-bond donors (Lipinski definition) is 2. The zero-order chi connectivity index (χ0) is 29.4. The topological polar surface area (TPSA) is 81.1 Å². The van der Waals surface area contributed by atoms with E-state index in [2.05, 4.69) is 51.8 Å². The van der Waals surface area contributed by atoms with Gasteiger partial charge in [-0.15, -0.1) is 34.0 Å². The van der Waals surface area contributed by atoms with Gasteiger partial charge in [-0.3, -0.25) is 9.59 Å². The highest BCUT2D eigenvalue weighted by atomic mass is 79.9. The van der Waals surface area contributed by atoms with E-state index in [-0.39, 0.29) is 46.8 Å². The van der Waals surface area contributed by atoms with Gasteiger partial charge in [-0.05, 0) is 67.0 Å². The first kappa shape index (κ1) is 49.5. The number of carboxylic acids is 2. The van der Waals surface area contributed by atoms with Crippen LogP contribution in [0.1, 0.15) is 149 Å². The smallest absolute Gasteiger partial charge is 0.306 e. The first-order valence-electron chi connectivity index (χ1n) is 15.9. The summed E-state index contributed by atoms with van der Waals surface area (Å²) < 4.78 is 0. The number of unbranched alkanes of at least 4 members (excludes halogenated alkanes) is 14. The van der Waals surface area contributed by atoms with Crippen LogP contribution in [0.4, 0.5) is 0 Å². The average molecular weight is 707 g/mol. The molecule has 0 aromatic rings. The van der Waals surface area contributed by atoms with Crippen molar-refractivity contribution in [3.63, 3.8) is 0 Å². The van der Waals surface area contributed by atoms with Crippen molar-refractivity contribution in [2.45, 2.75) is 149 Å². The molecule has 0 aliphatic rings. The lowest BCUT2D eigenvalue weighted by Crippen LogP contribution is -2.14. The molecule has 0 fully saturated rings. The molecule has 0 aromatic heterocycles. The van der Waals surface area contributed by atoms with Crippen LogP contribution in [0.2, 0.25) is 0 Å². The molecule has 40 heavy (non-hydrogen) atoms. The molecule has 0 saturated carbocycles. The van der Waals surface area contributed by atoms with Gasteiger partial charge in [0, 0.05) is 6.42 Å². The van der Waals surface area contributed by atoms with E-state index >= 15 is 0 Å². The van der Waals surface area contributed by atoms with Crippen LogP contribution >= 0.6 is 34.0 Å². The summed E-state index contributed by atoms with van der Waals surface area (Å²) in [5, 5.41) is 16.9. The third kappa shape index (κ3) is 50.6. The Hall–Kier alpha value is -0.180. The summed E-state index contributed by atoms with van der Waals surface area (Å²) in [6, 6.07) is 0. The lowest BCUT2D eigenvalue weighted by atomic mass is 9.98. The molecule has 0 saturated heterocycles. The average Bonchev–Trinajstić information content (AvgIpc) is 2.85. The molecule has 0 aromatic carbocycles. The van der Waals surface area contributed by atoms with Gasteiger partial charge in [0.15, 0.2) is 0 Å². The van der Waals surface area contributed by atoms with Crippen LogP contribution in [0.3, 0.4) is 0 Å². The van der Waals surface area contributed by atoms with Crippen LogP contribution < -0.4 is 0 Å². The number of aliphatic carboxylic acids is 2. The largest absolute Gasteiger partial charge is 0.481 e. The second-order valence-corrected chi connectivity index (χ2v) is 11.3. The Balaban J connectivity index is -0.000000150. The fourth-order valence-electron chi connectivity index (χ4n) is 4.16. The molecule has 6 nitrogen and oxygen atoms in total. The van der Waals surface area contributed by atoms with Gasteiger partial charge in [-0.2, -0.15) is 0 Å². The van der Waals surface area contributed by atoms with Gasteiger partial charge in [0.1, 0.15) is 0 Å². The molecule has 1 unspecified atom stereocenters. The molecular formula is C32H70Br2N2O4. The van der Waals surface area contributed by atoms with Crippen LogP contribution in [0, 0.1) is 5.92 Å². The lowest BCUT2D eigenvalue weighted by molar-refractivity contribution is -0.143. The zero-order valence-corrected chi connectivity index (χ0v) is 31.0. The van der Waals surface area contributed by atoms with Crippen molar-refractivity contribution in [1.82, 2.24) is 9.80 Å². The van der Waals surface area contributed by atoms with Crippen molar-refractivity contribution in [3.8, 4) is 0 Å². The van der Waals surface area contributed by atoms with E-state index in [1.54, 1.807) is 0 Å². The Labute approximate surface area is 271 Å². The van der Waals surface area contributed by atoms with Crippen LogP contribution in [0.25, 0.3) is 0 Å². The minimum atomic E-state index is -0.933.